The van der Waals surface area contributed by atoms with E-state index in [1.807, 2.05) is 48.5 Å². The van der Waals surface area contributed by atoms with Crippen LogP contribution in [0, 0.1) is 0 Å². The Morgan fingerprint density at radius 1 is 0.545 bits per heavy atom. The predicted octanol–water partition coefficient (Wildman–Crippen LogP) is 5.07. The first-order chi connectivity index (χ1) is 10.8. The van der Waals surface area contributed by atoms with Gasteiger partial charge >= 0.3 is 0 Å². The van der Waals surface area contributed by atoms with E-state index in [0.717, 1.165) is 27.3 Å². The van der Waals surface area contributed by atoms with E-state index in [9.17, 15) is 10.2 Å². The first-order valence-corrected chi connectivity index (χ1v) is 7.17. The Labute approximate surface area is 127 Å². The van der Waals surface area contributed by atoms with Crippen molar-refractivity contribution in [3.8, 4) is 22.6 Å². The smallest absolute Gasteiger partial charge is 0.165 e. The van der Waals surface area contributed by atoms with Crippen LogP contribution in [0.15, 0.2) is 72.8 Å². The maximum absolute atomic E-state index is 10.1. The van der Waals surface area contributed by atoms with Crippen LogP contribution in [-0.4, -0.2) is 10.2 Å². The second-order valence-electron chi connectivity index (χ2n) is 5.36. The highest BCUT2D eigenvalue weighted by Crippen LogP contribution is 2.42. The van der Waals surface area contributed by atoms with Gasteiger partial charge in [0, 0.05) is 5.39 Å². The summed E-state index contributed by atoms with van der Waals surface area (Å²) in [6, 6.07) is 23.5. The molecule has 4 aromatic carbocycles. The highest BCUT2D eigenvalue weighted by atomic mass is 16.3. The molecule has 0 spiro atoms. The van der Waals surface area contributed by atoms with Gasteiger partial charge < -0.3 is 10.2 Å². The van der Waals surface area contributed by atoms with Gasteiger partial charge in [-0.25, -0.2) is 0 Å². The molecule has 2 N–H and O–H groups in total. The van der Waals surface area contributed by atoms with Crippen molar-refractivity contribution in [2.75, 3.05) is 0 Å². The van der Waals surface area contributed by atoms with Crippen LogP contribution >= 0.6 is 0 Å². The SMILES string of the molecule is Oc1cc(-c2cccc3ccccc23)c2ccccc2c1O. The standard InChI is InChI=1S/C20H14O2/c21-19-12-18(16-9-3-4-10-17(16)20(19)22)15-11-5-7-13-6-1-2-8-14(13)15/h1-12,21-22H. The first-order valence-electron chi connectivity index (χ1n) is 7.17. The van der Waals surface area contributed by atoms with Crippen LogP contribution in [0.2, 0.25) is 0 Å². The molecule has 0 aromatic heterocycles. The molecule has 0 bridgehead atoms. The van der Waals surface area contributed by atoms with Crippen LogP contribution in [0.4, 0.5) is 0 Å². The number of aromatic hydroxyl groups is 2. The summed E-state index contributed by atoms with van der Waals surface area (Å²) in [5, 5.41) is 24.0. The molecule has 22 heavy (non-hydrogen) atoms. The molecular weight excluding hydrogens is 272 g/mol. The van der Waals surface area contributed by atoms with Crippen LogP contribution in [-0.2, 0) is 0 Å². The zero-order chi connectivity index (χ0) is 15.1. The van der Waals surface area contributed by atoms with Crippen molar-refractivity contribution in [1.82, 2.24) is 0 Å². The summed E-state index contributed by atoms with van der Waals surface area (Å²) in [7, 11) is 0. The molecule has 0 aliphatic carbocycles. The van der Waals surface area contributed by atoms with E-state index in [2.05, 4.69) is 18.2 Å². The van der Waals surface area contributed by atoms with Crippen molar-refractivity contribution >= 4 is 21.5 Å². The number of hydrogen-bond donors (Lipinski definition) is 2. The zero-order valence-corrected chi connectivity index (χ0v) is 11.8. The number of rotatable bonds is 1. The molecule has 4 rings (SSSR count). The van der Waals surface area contributed by atoms with E-state index < -0.39 is 0 Å². The van der Waals surface area contributed by atoms with Crippen molar-refractivity contribution in [3.63, 3.8) is 0 Å². The fourth-order valence-electron chi connectivity index (χ4n) is 3.03. The second-order valence-corrected chi connectivity index (χ2v) is 5.36. The summed E-state index contributed by atoms with van der Waals surface area (Å²) in [5.74, 6) is -0.166. The van der Waals surface area contributed by atoms with Gasteiger partial charge in [-0.3, -0.25) is 0 Å². The molecule has 0 atom stereocenters. The third-order valence-electron chi connectivity index (χ3n) is 4.08. The van der Waals surface area contributed by atoms with Gasteiger partial charge in [-0.05, 0) is 33.4 Å². The lowest BCUT2D eigenvalue weighted by Crippen LogP contribution is -1.85. The maximum Gasteiger partial charge on any atom is 0.165 e. The van der Waals surface area contributed by atoms with Gasteiger partial charge in [0.1, 0.15) is 0 Å². The third-order valence-corrected chi connectivity index (χ3v) is 4.08. The van der Waals surface area contributed by atoms with E-state index in [-0.39, 0.29) is 11.5 Å². The van der Waals surface area contributed by atoms with Crippen molar-refractivity contribution < 1.29 is 10.2 Å². The molecule has 2 heteroatoms. The van der Waals surface area contributed by atoms with Crippen LogP contribution in [0.1, 0.15) is 0 Å². The Kier molecular flexibility index (Phi) is 2.76. The summed E-state index contributed by atoms with van der Waals surface area (Å²) < 4.78 is 0. The molecule has 0 saturated carbocycles. The summed E-state index contributed by atoms with van der Waals surface area (Å²) >= 11 is 0. The molecule has 0 aliphatic heterocycles. The van der Waals surface area contributed by atoms with Crippen LogP contribution < -0.4 is 0 Å². The van der Waals surface area contributed by atoms with Crippen molar-refractivity contribution in [1.29, 1.82) is 0 Å². The monoisotopic (exact) mass is 286 g/mol. The van der Waals surface area contributed by atoms with Gasteiger partial charge in [-0.15, -0.1) is 0 Å². The maximum atomic E-state index is 10.1. The van der Waals surface area contributed by atoms with Crippen molar-refractivity contribution in [2.24, 2.45) is 0 Å². The minimum absolute atomic E-state index is 0.0698. The fraction of sp³-hybridized carbons (Fsp3) is 0. The van der Waals surface area contributed by atoms with Crippen LogP contribution in [0.3, 0.4) is 0 Å². The average Bonchev–Trinajstić information content (AvgIpc) is 2.58. The van der Waals surface area contributed by atoms with Crippen LogP contribution in [0.5, 0.6) is 11.5 Å². The molecular formula is C20H14O2. The second kappa shape index (κ2) is 4.78. The predicted molar refractivity (Wildman–Crippen MR) is 90.2 cm³/mol. The number of hydrogen-bond acceptors (Lipinski definition) is 2. The van der Waals surface area contributed by atoms with Gasteiger partial charge in [0.15, 0.2) is 11.5 Å². The molecule has 0 fully saturated rings. The molecule has 0 heterocycles. The van der Waals surface area contributed by atoms with Gasteiger partial charge in [0.05, 0.1) is 0 Å². The largest absolute Gasteiger partial charge is 0.504 e. The van der Waals surface area contributed by atoms with E-state index in [4.69, 9.17) is 0 Å². The molecule has 0 radical (unpaired) electrons. The van der Waals surface area contributed by atoms with Crippen LogP contribution in [0.25, 0.3) is 32.7 Å². The van der Waals surface area contributed by atoms with Gasteiger partial charge in [0.2, 0.25) is 0 Å². The number of fused-ring (bicyclic) bond motifs is 2. The quantitative estimate of drug-likeness (QED) is 0.479. The normalized spacial score (nSPS) is 11.1. The Bertz CT molecular complexity index is 998. The Hall–Kier alpha value is -3.00. The number of benzene rings is 4. The number of phenols is 2. The van der Waals surface area contributed by atoms with Gasteiger partial charge in [-0.2, -0.15) is 0 Å². The summed E-state index contributed by atoms with van der Waals surface area (Å²) in [5.41, 5.74) is 1.97. The highest BCUT2D eigenvalue weighted by molar-refractivity contribution is 6.07. The summed E-state index contributed by atoms with van der Waals surface area (Å²) in [4.78, 5) is 0. The topological polar surface area (TPSA) is 40.5 Å². The molecule has 4 aromatic rings. The average molecular weight is 286 g/mol. The van der Waals surface area contributed by atoms with Gasteiger partial charge in [0.25, 0.3) is 0 Å². The van der Waals surface area contributed by atoms with E-state index in [0.29, 0.717) is 5.39 Å². The van der Waals surface area contributed by atoms with Crippen molar-refractivity contribution in [2.45, 2.75) is 0 Å². The van der Waals surface area contributed by atoms with Crippen molar-refractivity contribution in [3.05, 3.63) is 72.8 Å². The lowest BCUT2D eigenvalue weighted by Gasteiger charge is -2.12. The van der Waals surface area contributed by atoms with Gasteiger partial charge in [-0.1, -0.05) is 66.7 Å². The Balaban J connectivity index is 2.16. The molecule has 106 valence electrons. The molecule has 0 amide bonds. The minimum atomic E-state index is -0.0957. The minimum Gasteiger partial charge on any atom is -0.504 e. The van der Waals surface area contributed by atoms with E-state index >= 15 is 0 Å². The molecule has 0 aliphatic rings. The molecule has 0 saturated heterocycles. The summed E-state index contributed by atoms with van der Waals surface area (Å²) in [6.45, 7) is 0. The first kappa shape index (κ1) is 12.7. The third kappa shape index (κ3) is 1.81. The lowest BCUT2D eigenvalue weighted by molar-refractivity contribution is 0.408. The fourth-order valence-corrected chi connectivity index (χ4v) is 3.03. The Morgan fingerprint density at radius 2 is 1.18 bits per heavy atom. The summed E-state index contributed by atoms with van der Waals surface area (Å²) in [6.07, 6.45) is 0. The zero-order valence-electron chi connectivity index (χ0n) is 11.8. The molecule has 2 nitrogen and oxygen atoms in total. The van der Waals surface area contributed by atoms with E-state index in [1.54, 1.807) is 6.07 Å². The van der Waals surface area contributed by atoms with E-state index in [1.165, 1.54) is 0 Å². The lowest BCUT2D eigenvalue weighted by atomic mass is 9.93. The Morgan fingerprint density at radius 3 is 2.00 bits per heavy atom. The highest BCUT2D eigenvalue weighted by Gasteiger charge is 2.13. The number of phenolic OH excluding ortho intramolecular Hbond substituents is 2. The molecule has 0 unspecified atom stereocenters.